The molecule has 5 heterocycles. The molecular formula is C39H47N3O7S2. The number of benzene rings is 1. The highest BCUT2D eigenvalue weighted by atomic mass is 33.1. The predicted octanol–water partition coefficient (Wildman–Crippen LogP) is 5.33. The highest BCUT2D eigenvalue weighted by Gasteiger charge is 2.64. The van der Waals surface area contributed by atoms with Crippen LogP contribution in [0.15, 0.2) is 73.8 Å². The summed E-state index contributed by atoms with van der Waals surface area (Å²) in [7, 11) is 3.59. The molecule has 0 bridgehead atoms. The number of nitrogens with one attached hydrogen (secondary N) is 1. The second kappa shape index (κ2) is 14.1. The number of fused-ring (bicyclic) bond motifs is 6. The second-order valence-corrected chi connectivity index (χ2v) is 17.1. The molecule has 5 atom stereocenters. The number of dihydropyridines is 1. The van der Waals surface area contributed by atoms with Gasteiger partial charge in [0.2, 0.25) is 5.91 Å². The fourth-order valence-electron chi connectivity index (χ4n) is 8.37. The van der Waals surface area contributed by atoms with Crippen molar-refractivity contribution in [1.29, 1.82) is 0 Å². The zero-order valence-corrected chi connectivity index (χ0v) is 31.3. The normalized spacial score (nSPS) is 29.3. The van der Waals surface area contributed by atoms with Gasteiger partial charge in [0, 0.05) is 72.7 Å². The lowest BCUT2D eigenvalue weighted by molar-refractivity contribution is -0.186. The van der Waals surface area contributed by atoms with E-state index in [0.29, 0.717) is 66.4 Å². The van der Waals surface area contributed by atoms with Crippen LogP contribution < -0.4 is 21.4 Å². The topological polar surface area (TPSA) is 144 Å². The molecule has 5 aliphatic rings. The van der Waals surface area contributed by atoms with Crippen molar-refractivity contribution in [2.45, 2.75) is 83.5 Å². The van der Waals surface area contributed by atoms with E-state index in [1.165, 1.54) is 0 Å². The van der Waals surface area contributed by atoms with E-state index < -0.39 is 28.7 Å². The van der Waals surface area contributed by atoms with Crippen LogP contribution in [0.2, 0.25) is 0 Å². The Labute approximate surface area is 306 Å². The predicted molar refractivity (Wildman–Crippen MR) is 201 cm³/mol. The van der Waals surface area contributed by atoms with Gasteiger partial charge in [-0.05, 0) is 80.9 Å². The fourth-order valence-corrected chi connectivity index (χ4v) is 10.9. The Kier molecular flexibility index (Phi) is 9.88. The van der Waals surface area contributed by atoms with Gasteiger partial charge in [-0.2, -0.15) is 0 Å². The van der Waals surface area contributed by atoms with Crippen LogP contribution in [0, 0.1) is 11.8 Å². The average molecular weight is 734 g/mol. The summed E-state index contributed by atoms with van der Waals surface area (Å²) in [6.45, 7) is 8.89. The van der Waals surface area contributed by atoms with Crippen molar-refractivity contribution in [2.75, 3.05) is 31.2 Å². The number of carbonyl (C=O) groups is 2. The van der Waals surface area contributed by atoms with Crippen LogP contribution in [0.3, 0.4) is 0 Å². The zero-order chi connectivity index (χ0) is 36.1. The van der Waals surface area contributed by atoms with Gasteiger partial charge in [-0.1, -0.05) is 46.2 Å². The van der Waals surface area contributed by atoms with E-state index >= 15 is 0 Å². The number of rotatable bonds is 6. The van der Waals surface area contributed by atoms with Crippen molar-refractivity contribution >= 4 is 44.4 Å². The molecule has 0 saturated carbocycles. The maximum atomic E-state index is 14.0. The smallest absolute Gasteiger partial charge is 0.339 e. The molecular weight excluding hydrogens is 687 g/mol. The fraction of sp³-hybridized carbons (Fsp3) is 0.513. The first-order valence-corrected chi connectivity index (χ1v) is 20.4. The summed E-state index contributed by atoms with van der Waals surface area (Å²) in [6, 6.07) is 5.84. The Balaban J connectivity index is 1.39. The third-order valence-electron chi connectivity index (χ3n) is 11.6. The van der Waals surface area contributed by atoms with Crippen LogP contribution in [0.5, 0.6) is 5.75 Å². The third-order valence-corrected chi connectivity index (χ3v) is 13.9. The summed E-state index contributed by atoms with van der Waals surface area (Å²) in [5.41, 5.74) is 9.13. The number of hydrogen-bond acceptors (Lipinski definition) is 11. The first-order chi connectivity index (χ1) is 24.5. The Morgan fingerprint density at radius 2 is 2.08 bits per heavy atom. The van der Waals surface area contributed by atoms with E-state index in [1.807, 2.05) is 37.0 Å². The summed E-state index contributed by atoms with van der Waals surface area (Å²) < 4.78 is 19.6. The van der Waals surface area contributed by atoms with Gasteiger partial charge < -0.3 is 34.9 Å². The number of allylic oxidation sites excluding steroid dienone is 2. The number of nitrogens with two attached hydrogens (primary N) is 1. The van der Waals surface area contributed by atoms with Gasteiger partial charge in [-0.3, -0.25) is 4.79 Å². The number of ether oxygens (including phenoxy) is 2. The zero-order valence-electron chi connectivity index (χ0n) is 29.7. The quantitative estimate of drug-likeness (QED) is 0.117. The third kappa shape index (κ3) is 6.31. The highest BCUT2D eigenvalue weighted by Crippen LogP contribution is 2.57. The molecule has 12 heteroatoms. The van der Waals surface area contributed by atoms with E-state index in [9.17, 15) is 19.5 Å². The number of carbonyl (C=O) groups excluding carboxylic acids is 2. The molecule has 1 fully saturated rings. The van der Waals surface area contributed by atoms with E-state index in [4.69, 9.17) is 19.6 Å². The Morgan fingerprint density at radius 3 is 2.84 bits per heavy atom. The van der Waals surface area contributed by atoms with Crippen LogP contribution in [-0.4, -0.2) is 70.3 Å². The van der Waals surface area contributed by atoms with Gasteiger partial charge >= 0.3 is 11.6 Å². The van der Waals surface area contributed by atoms with Crippen LogP contribution in [-0.2, 0) is 27.2 Å². The lowest BCUT2D eigenvalue weighted by Gasteiger charge is -2.53. The van der Waals surface area contributed by atoms with E-state index in [2.05, 4.69) is 18.3 Å². The van der Waals surface area contributed by atoms with E-state index in [0.717, 1.165) is 52.1 Å². The lowest BCUT2D eigenvalue weighted by Crippen LogP contribution is -2.65. The molecule has 0 radical (unpaired) electrons. The van der Waals surface area contributed by atoms with Crippen molar-refractivity contribution in [2.24, 2.45) is 17.6 Å². The van der Waals surface area contributed by atoms with Crippen molar-refractivity contribution in [3.05, 3.63) is 86.1 Å². The van der Waals surface area contributed by atoms with Gasteiger partial charge in [0.1, 0.15) is 11.3 Å². The van der Waals surface area contributed by atoms with Crippen LogP contribution in [0.1, 0.15) is 64.5 Å². The molecule has 1 saturated heterocycles. The molecule has 1 aromatic heterocycles. The van der Waals surface area contributed by atoms with E-state index in [-0.39, 0.29) is 25.0 Å². The molecule has 4 aliphatic heterocycles. The summed E-state index contributed by atoms with van der Waals surface area (Å²) in [4.78, 5) is 42.6. The monoisotopic (exact) mass is 733 g/mol. The molecule has 10 nitrogen and oxygen atoms in total. The van der Waals surface area contributed by atoms with Gasteiger partial charge in [0.25, 0.3) is 0 Å². The van der Waals surface area contributed by atoms with Gasteiger partial charge in [-0.25, -0.2) is 9.59 Å². The SMILES string of the molecule is C/C=C(\C)C(=O)O[C@]1(C)CC=C2CSSC[C@@H]3[C@@H](CC)CN3C(=O)CC3=C(C=C(N)NC3)[C@H]2[C@]12Cc1cc3cc(CCCO)c(=O)oc3cc1O2. The van der Waals surface area contributed by atoms with E-state index in [1.54, 1.807) is 40.7 Å². The number of aryl methyl sites for hydroxylation is 1. The second-order valence-electron chi connectivity index (χ2n) is 14.6. The first kappa shape index (κ1) is 35.8. The minimum absolute atomic E-state index is 0.0220. The van der Waals surface area contributed by atoms with Crippen molar-refractivity contribution in [3.63, 3.8) is 0 Å². The molecule has 2 aromatic rings. The van der Waals surface area contributed by atoms with Gasteiger partial charge in [0.15, 0.2) is 11.2 Å². The summed E-state index contributed by atoms with van der Waals surface area (Å²) in [5.74, 6) is 2.44. The number of aliphatic hydroxyl groups excluding tert-OH is 1. The molecule has 4 N–H and O–H groups in total. The largest absolute Gasteiger partial charge is 0.481 e. The molecule has 51 heavy (non-hydrogen) atoms. The summed E-state index contributed by atoms with van der Waals surface area (Å²) in [6.07, 6.45) is 8.88. The molecule has 1 spiro atoms. The van der Waals surface area contributed by atoms with Crippen LogP contribution in [0.25, 0.3) is 11.0 Å². The Morgan fingerprint density at radius 1 is 1.25 bits per heavy atom. The van der Waals surface area contributed by atoms with Crippen LogP contribution in [0.4, 0.5) is 0 Å². The Hall–Kier alpha value is -3.61. The summed E-state index contributed by atoms with van der Waals surface area (Å²) in [5, 5.41) is 13.4. The van der Waals surface area contributed by atoms with Gasteiger partial charge in [-0.15, -0.1) is 0 Å². The molecule has 1 aromatic carbocycles. The standard InChI is InChI=1S/C39H47N3O7S2/c1-5-22(3)36(45)49-38(4)10-9-25-20-50-51-21-30-23(6-2)19-42(30)34(44)14-28-18-41-33(40)15-29(28)35(25)39(38)17-27-13-26-12-24(8-7-11-43)37(46)47-31(26)16-32(27)48-39/h5,9,12-13,15-16,23,30,35,41,43H,6-8,10-11,14,17-21,40H2,1-4H3/b22-5+/t23-,30+,35-,38+,39+/m0/s1. The number of aliphatic hydroxyl groups is 1. The first-order valence-electron chi connectivity index (χ1n) is 17.9. The maximum Gasteiger partial charge on any atom is 0.339 e. The minimum atomic E-state index is -1.14. The number of amides is 1. The van der Waals surface area contributed by atoms with Crippen LogP contribution >= 0.6 is 21.6 Å². The molecule has 7 rings (SSSR count). The number of nitrogens with zero attached hydrogens (tertiary/aromatic N) is 1. The number of hydrogen-bond donors (Lipinski definition) is 3. The molecule has 272 valence electrons. The van der Waals surface area contributed by atoms with Crippen molar-refractivity contribution in [3.8, 4) is 5.75 Å². The highest BCUT2D eigenvalue weighted by molar-refractivity contribution is 8.76. The van der Waals surface area contributed by atoms with Gasteiger partial charge in [0.05, 0.1) is 18.2 Å². The molecule has 0 unspecified atom stereocenters. The molecule has 1 amide bonds. The minimum Gasteiger partial charge on any atom is -0.481 e. The maximum absolute atomic E-state index is 14.0. The lowest BCUT2D eigenvalue weighted by atomic mass is 9.61. The van der Waals surface area contributed by atoms with Crippen molar-refractivity contribution < 1.29 is 28.6 Å². The summed E-state index contributed by atoms with van der Waals surface area (Å²) >= 11 is 0. The van der Waals surface area contributed by atoms with Crippen molar-refractivity contribution in [1.82, 2.24) is 10.2 Å². The average Bonchev–Trinajstić information content (AvgIpc) is 3.46. The number of esters is 1. The molecule has 1 aliphatic carbocycles. The Bertz CT molecular complexity index is 1950.